The van der Waals surface area contributed by atoms with Gasteiger partial charge in [0.25, 0.3) is 5.69 Å². The van der Waals surface area contributed by atoms with Gasteiger partial charge in [-0.15, -0.1) is 0 Å². The second-order valence-electron chi connectivity index (χ2n) is 6.20. The van der Waals surface area contributed by atoms with Gasteiger partial charge in [0.15, 0.2) is 11.5 Å². The van der Waals surface area contributed by atoms with Crippen LogP contribution in [0.3, 0.4) is 0 Å². The van der Waals surface area contributed by atoms with Gasteiger partial charge in [0.1, 0.15) is 0 Å². The smallest absolute Gasteiger partial charge is 0.269 e. The monoisotopic (exact) mass is 392 g/mol. The standard InChI is InChI=1S/C18H20N2O6S/c1-12-16-11-18(26-3)17(25-2)10-13(16)8-9-19(12)27(23,24)15-6-4-14(5-7-15)20(21)22/h4-7,10-12H,8-9H2,1-3H3. The molecule has 2 aromatic rings. The number of hydrogen-bond acceptors (Lipinski definition) is 6. The van der Waals surface area contributed by atoms with Gasteiger partial charge in [-0.3, -0.25) is 10.1 Å². The van der Waals surface area contributed by atoms with Crippen molar-refractivity contribution in [2.24, 2.45) is 0 Å². The Balaban J connectivity index is 1.98. The predicted octanol–water partition coefficient (Wildman–Crippen LogP) is 2.92. The molecule has 0 amide bonds. The van der Waals surface area contributed by atoms with Gasteiger partial charge in [0.05, 0.1) is 24.0 Å². The largest absolute Gasteiger partial charge is 0.493 e. The molecule has 3 rings (SSSR count). The number of nitrogens with zero attached hydrogens (tertiary/aromatic N) is 2. The van der Waals surface area contributed by atoms with E-state index in [0.717, 1.165) is 11.1 Å². The summed E-state index contributed by atoms with van der Waals surface area (Å²) in [6, 6.07) is 8.20. The molecule has 27 heavy (non-hydrogen) atoms. The lowest BCUT2D eigenvalue weighted by atomic mass is 9.94. The van der Waals surface area contributed by atoms with Crippen LogP contribution in [-0.2, 0) is 16.4 Å². The number of benzene rings is 2. The van der Waals surface area contributed by atoms with E-state index in [1.54, 1.807) is 13.2 Å². The molecule has 0 bridgehead atoms. The first-order valence-electron chi connectivity index (χ1n) is 8.30. The average Bonchev–Trinajstić information content (AvgIpc) is 2.67. The van der Waals surface area contributed by atoms with E-state index in [2.05, 4.69) is 0 Å². The maximum atomic E-state index is 13.1. The molecule has 0 aliphatic carbocycles. The van der Waals surface area contributed by atoms with Crippen LogP contribution in [0, 0.1) is 10.1 Å². The number of ether oxygens (including phenoxy) is 2. The molecule has 0 radical (unpaired) electrons. The molecule has 0 fully saturated rings. The van der Waals surface area contributed by atoms with E-state index in [1.807, 2.05) is 13.0 Å². The van der Waals surface area contributed by atoms with Gasteiger partial charge in [-0.05, 0) is 48.7 Å². The SMILES string of the molecule is COc1cc2c(cc1OC)C(C)N(S(=O)(=O)c1ccc([N+](=O)[O-])cc1)CC2. The summed E-state index contributed by atoms with van der Waals surface area (Å²) < 4.78 is 38.2. The number of methoxy groups -OCH3 is 2. The Morgan fingerprint density at radius 3 is 2.26 bits per heavy atom. The first-order valence-corrected chi connectivity index (χ1v) is 9.74. The quantitative estimate of drug-likeness (QED) is 0.573. The van der Waals surface area contributed by atoms with Crippen molar-refractivity contribution in [1.29, 1.82) is 0 Å². The van der Waals surface area contributed by atoms with E-state index in [0.29, 0.717) is 24.5 Å². The molecule has 0 saturated heterocycles. The molecule has 8 nitrogen and oxygen atoms in total. The summed E-state index contributed by atoms with van der Waals surface area (Å²) in [4.78, 5) is 10.3. The topological polar surface area (TPSA) is 99.0 Å². The Bertz CT molecular complexity index is 972. The molecule has 0 saturated carbocycles. The van der Waals surface area contributed by atoms with Crippen LogP contribution in [-0.4, -0.2) is 38.4 Å². The Labute approximate surface area is 157 Å². The van der Waals surface area contributed by atoms with Crippen molar-refractivity contribution in [3.63, 3.8) is 0 Å². The van der Waals surface area contributed by atoms with Crippen LogP contribution in [0.25, 0.3) is 0 Å². The van der Waals surface area contributed by atoms with Gasteiger partial charge < -0.3 is 9.47 Å². The van der Waals surface area contributed by atoms with E-state index in [1.165, 1.54) is 35.7 Å². The van der Waals surface area contributed by atoms with Crippen LogP contribution in [0.5, 0.6) is 11.5 Å². The molecule has 1 atom stereocenters. The Morgan fingerprint density at radius 2 is 1.70 bits per heavy atom. The van der Waals surface area contributed by atoms with E-state index in [-0.39, 0.29) is 10.6 Å². The first kappa shape index (κ1) is 19.1. The molecule has 1 aliphatic rings. The summed E-state index contributed by atoms with van der Waals surface area (Å²) in [5.74, 6) is 1.15. The van der Waals surface area contributed by atoms with Crippen molar-refractivity contribution in [3.8, 4) is 11.5 Å². The third-order valence-electron chi connectivity index (χ3n) is 4.78. The Kier molecular flexibility index (Phi) is 5.07. The lowest BCUT2D eigenvalue weighted by Crippen LogP contribution is -2.38. The minimum atomic E-state index is -3.79. The molecule has 9 heteroatoms. The number of rotatable bonds is 5. The summed E-state index contributed by atoms with van der Waals surface area (Å²) >= 11 is 0. The molecule has 144 valence electrons. The van der Waals surface area contributed by atoms with Crippen molar-refractivity contribution in [2.45, 2.75) is 24.3 Å². The normalized spacial score (nSPS) is 17.2. The van der Waals surface area contributed by atoms with E-state index in [4.69, 9.17) is 9.47 Å². The Hall–Kier alpha value is -2.65. The fraction of sp³-hybridized carbons (Fsp3) is 0.333. The van der Waals surface area contributed by atoms with Gasteiger partial charge in [-0.2, -0.15) is 4.31 Å². The highest BCUT2D eigenvalue weighted by atomic mass is 32.2. The summed E-state index contributed by atoms with van der Waals surface area (Å²) in [7, 11) is -0.705. The minimum Gasteiger partial charge on any atom is -0.493 e. The summed E-state index contributed by atoms with van der Waals surface area (Å²) in [5, 5.41) is 10.8. The number of sulfonamides is 1. The third-order valence-corrected chi connectivity index (χ3v) is 6.77. The molecule has 1 unspecified atom stereocenters. The van der Waals surface area contributed by atoms with Crippen molar-refractivity contribution in [1.82, 2.24) is 4.31 Å². The number of non-ortho nitro benzene ring substituents is 1. The highest BCUT2D eigenvalue weighted by molar-refractivity contribution is 7.89. The third kappa shape index (κ3) is 3.35. The van der Waals surface area contributed by atoms with Crippen molar-refractivity contribution in [2.75, 3.05) is 20.8 Å². The Morgan fingerprint density at radius 1 is 1.11 bits per heavy atom. The second-order valence-corrected chi connectivity index (χ2v) is 8.09. The van der Waals surface area contributed by atoms with Gasteiger partial charge in [-0.1, -0.05) is 0 Å². The predicted molar refractivity (Wildman–Crippen MR) is 98.7 cm³/mol. The summed E-state index contributed by atoms with van der Waals surface area (Å²) in [6.45, 7) is 2.12. The zero-order valence-corrected chi connectivity index (χ0v) is 16.0. The summed E-state index contributed by atoms with van der Waals surface area (Å²) in [6.07, 6.45) is 0.534. The molecule has 1 aliphatic heterocycles. The second kappa shape index (κ2) is 7.16. The first-order chi connectivity index (χ1) is 12.8. The zero-order valence-electron chi connectivity index (χ0n) is 15.2. The highest BCUT2D eigenvalue weighted by Gasteiger charge is 2.35. The van der Waals surface area contributed by atoms with E-state index < -0.39 is 21.0 Å². The van der Waals surface area contributed by atoms with Crippen LogP contribution in [0.4, 0.5) is 5.69 Å². The van der Waals surface area contributed by atoms with Gasteiger partial charge in [0.2, 0.25) is 10.0 Å². The van der Waals surface area contributed by atoms with Crippen molar-refractivity contribution < 1.29 is 22.8 Å². The molecule has 0 N–H and O–H groups in total. The molecular formula is C18H20N2O6S. The van der Waals surface area contributed by atoms with Crippen LogP contribution >= 0.6 is 0 Å². The maximum Gasteiger partial charge on any atom is 0.269 e. The van der Waals surface area contributed by atoms with Gasteiger partial charge in [0, 0.05) is 24.7 Å². The zero-order chi connectivity index (χ0) is 19.8. The maximum absolute atomic E-state index is 13.1. The van der Waals surface area contributed by atoms with Crippen molar-refractivity contribution >= 4 is 15.7 Å². The molecule has 2 aromatic carbocycles. The number of fused-ring (bicyclic) bond motifs is 1. The minimum absolute atomic E-state index is 0.0314. The van der Waals surface area contributed by atoms with Gasteiger partial charge in [-0.25, -0.2) is 8.42 Å². The van der Waals surface area contributed by atoms with Crippen molar-refractivity contribution in [3.05, 3.63) is 57.6 Å². The van der Waals surface area contributed by atoms with E-state index in [9.17, 15) is 18.5 Å². The number of nitro benzene ring substituents is 1. The number of nitro groups is 1. The molecule has 0 spiro atoms. The van der Waals surface area contributed by atoms with Crippen LogP contribution in [0.2, 0.25) is 0 Å². The van der Waals surface area contributed by atoms with E-state index >= 15 is 0 Å². The van der Waals surface area contributed by atoms with Crippen LogP contribution < -0.4 is 9.47 Å². The fourth-order valence-corrected chi connectivity index (χ4v) is 4.94. The lowest BCUT2D eigenvalue weighted by Gasteiger charge is -2.34. The lowest BCUT2D eigenvalue weighted by molar-refractivity contribution is -0.384. The fourth-order valence-electron chi connectivity index (χ4n) is 3.33. The van der Waals surface area contributed by atoms with Gasteiger partial charge >= 0.3 is 0 Å². The highest BCUT2D eigenvalue weighted by Crippen LogP contribution is 2.39. The summed E-state index contributed by atoms with van der Waals surface area (Å²) in [5.41, 5.74) is 1.71. The average molecular weight is 392 g/mol. The molecule has 1 heterocycles. The van der Waals surface area contributed by atoms with Crippen LogP contribution in [0.1, 0.15) is 24.1 Å². The van der Waals surface area contributed by atoms with Crippen LogP contribution in [0.15, 0.2) is 41.3 Å². The molecule has 0 aromatic heterocycles. The number of hydrogen-bond donors (Lipinski definition) is 0. The molecular weight excluding hydrogens is 372 g/mol.